The van der Waals surface area contributed by atoms with E-state index < -0.39 is 15.6 Å². The van der Waals surface area contributed by atoms with Crippen LogP contribution in [0.1, 0.15) is 15.9 Å². The van der Waals surface area contributed by atoms with Crippen LogP contribution in [0.15, 0.2) is 24.3 Å². The summed E-state index contributed by atoms with van der Waals surface area (Å²) in [6.45, 7) is 0. The van der Waals surface area contributed by atoms with Crippen molar-refractivity contribution in [2.24, 2.45) is 0 Å². The van der Waals surface area contributed by atoms with Gasteiger partial charge in [0, 0.05) is 28.8 Å². The van der Waals surface area contributed by atoms with Gasteiger partial charge in [0.2, 0.25) is 0 Å². The fourth-order valence-electron chi connectivity index (χ4n) is 2.49. The van der Waals surface area contributed by atoms with Crippen LogP contribution in [0.4, 0.5) is 22.7 Å². The molecular weight excluding hydrogens is 292 g/mol. The molecule has 0 atom stereocenters. The molecule has 4 N–H and O–H groups in total. The zero-order chi connectivity index (χ0) is 16.2. The normalized spacial score (nSPS) is 11.9. The summed E-state index contributed by atoms with van der Waals surface area (Å²) in [6, 6.07) is 4.74. The molecule has 0 bridgehead atoms. The second-order valence-corrected chi connectivity index (χ2v) is 4.76. The SMILES string of the molecule is Nc1cc2c(cc1[N+](=O)[O-])C(=O)c1cc(N)c([N+](=O)[O-])cc1-2. The maximum Gasteiger partial charge on any atom is 0.292 e. The van der Waals surface area contributed by atoms with Crippen LogP contribution in [0.2, 0.25) is 0 Å². The molecule has 0 amide bonds. The van der Waals surface area contributed by atoms with Crippen LogP contribution in [0.25, 0.3) is 11.1 Å². The molecule has 3 rings (SSSR count). The van der Waals surface area contributed by atoms with E-state index in [0.717, 1.165) is 6.07 Å². The fraction of sp³-hybridized carbons (Fsp3) is 0. The first-order valence-electron chi connectivity index (χ1n) is 6.02. The van der Waals surface area contributed by atoms with Crippen molar-refractivity contribution < 1.29 is 14.6 Å². The standard InChI is InChI=1S/C13H8N4O5/c14-9-1-5-6-3-11(16(19)20)10(15)2-7(6)13(18)8(5)4-12(9)17(21)22/h1-4H,14-15H2. The highest BCUT2D eigenvalue weighted by atomic mass is 16.6. The second-order valence-electron chi connectivity index (χ2n) is 4.76. The molecule has 9 nitrogen and oxygen atoms in total. The topological polar surface area (TPSA) is 155 Å². The average molecular weight is 300 g/mol. The van der Waals surface area contributed by atoms with Crippen LogP contribution < -0.4 is 11.5 Å². The minimum absolute atomic E-state index is 0.0794. The summed E-state index contributed by atoms with van der Waals surface area (Å²) in [7, 11) is 0. The Labute approximate surface area is 122 Å². The van der Waals surface area contributed by atoms with Gasteiger partial charge in [-0.3, -0.25) is 25.0 Å². The van der Waals surface area contributed by atoms with Crippen molar-refractivity contribution in [2.75, 3.05) is 11.5 Å². The summed E-state index contributed by atoms with van der Waals surface area (Å²) < 4.78 is 0. The van der Waals surface area contributed by atoms with Crippen LogP contribution in [0.5, 0.6) is 0 Å². The van der Waals surface area contributed by atoms with E-state index in [0.29, 0.717) is 11.1 Å². The number of carbonyl (C=O) groups is 1. The van der Waals surface area contributed by atoms with Crippen molar-refractivity contribution in [1.29, 1.82) is 0 Å². The maximum absolute atomic E-state index is 12.3. The highest BCUT2D eigenvalue weighted by Crippen LogP contribution is 2.43. The van der Waals surface area contributed by atoms with E-state index >= 15 is 0 Å². The molecule has 1 aliphatic rings. The van der Waals surface area contributed by atoms with E-state index in [-0.39, 0.29) is 33.9 Å². The Kier molecular flexibility index (Phi) is 2.61. The van der Waals surface area contributed by atoms with Crippen molar-refractivity contribution in [2.45, 2.75) is 0 Å². The maximum atomic E-state index is 12.3. The van der Waals surface area contributed by atoms with E-state index in [1.807, 2.05) is 0 Å². The third kappa shape index (κ3) is 1.69. The molecule has 2 aromatic rings. The van der Waals surface area contributed by atoms with Gasteiger partial charge < -0.3 is 11.5 Å². The summed E-state index contributed by atoms with van der Waals surface area (Å²) >= 11 is 0. The third-order valence-electron chi connectivity index (χ3n) is 3.51. The predicted molar refractivity (Wildman–Crippen MR) is 77.4 cm³/mol. The number of benzene rings is 2. The Hall–Kier alpha value is -3.49. The lowest BCUT2D eigenvalue weighted by Gasteiger charge is -2.03. The van der Waals surface area contributed by atoms with Crippen molar-refractivity contribution in [3.05, 3.63) is 55.6 Å². The van der Waals surface area contributed by atoms with Crippen molar-refractivity contribution in [1.82, 2.24) is 0 Å². The molecule has 9 heteroatoms. The predicted octanol–water partition coefficient (Wildman–Crippen LogP) is 1.88. The Morgan fingerprint density at radius 1 is 0.727 bits per heavy atom. The van der Waals surface area contributed by atoms with Crippen LogP contribution >= 0.6 is 0 Å². The number of fused-ring (bicyclic) bond motifs is 3. The average Bonchev–Trinajstić information content (AvgIpc) is 2.69. The molecule has 0 saturated heterocycles. The van der Waals surface area contributed by atoms with Gasteiger partial charge in [-0.1, -0.05) is 0 Å². The highest BCUT2D eigenvalue weighted by Gasteiger charge is 2.32. The number of ketones is 1. The number of nitro groups is 2. The van der Waals surface area contributed by atoms with Crippen molar-refractivity contribution in [3.8, 4) is 11.1 Å². The van der Waals surface area contributed by atoms with E-state index in [2.05, 4.69) is 0 Å². The lowest BCUT2D eigenvalue weighted by molar-refractivity contribution is -0.384. The summed E-state index contributed by atoms with van der Waals surface area (Å²) in [5.74, 6) is -0.477. The summed E-state index contributed by atoms with van der Waals surface area (Å²) in [5.41, 5.74) is 11.1. The number of carbonyl (C=O) groups excluding carboxylic acids is 1. The molecule has 0 spiro atoms. The quantitative estimate of drug-likeness (QED) is 0.415. The molecule has 0 aromatic heterocycles. The van der Waals surface area contributed by atoms with Crippen LogP contribution in [0.3, 0.4) is 0 Å². The summed E-state index contributed by atoms with van der Waals surface area (Å²) in [5, 5.41) is 21.9. The van der Waals surface area contributed by atoms with Gasteiger partial charge in [0.1, 0.15) is 11.4 Å². The van der Waals surface area contributed by atoms with Gasteiger partial charge in [0.05, 0.1) is 9.85 Å². The zero-order valence-corrected chi connectivity index (χ0v) is 10.9. The van der Waals surface area contributed by atoms with E-state index in [4.69, 9.17) is 11.5 Å². The molecule has 0 fully saturated rings. The number of nitrogens with two attached hydrogens (primary N) is 2. The van der Waals surface area contributed by atoms with Crippen molar-refractivity contribution >= 4 is 28.5 Å². The smallest absolute Gasteiger partial charge is 0.292 e. The monoisotopic (exact) mass is 300 g/mol. The molecule has 110 valence electrons. The summed E-state index contributed by atoms with van der Waals surface area (Å²) in [6.07, 6.45) is 0. The minimum Gasteiger partial charge on any atom is -0.393 e. The van der Waals surface area contributed by atoms with Gasteiger partial charge in [0.25, 0.3) is 11.4 Å². The number of hydrogen-bond acceptors (Lipinski definition) is 7. The van der Waals surface area contributed by atoms with E-state index in [1.54, 1.807) is 0 Å². The largest absolute Gasteiger partial charge is 0.393 e. The first-order chi connectivity index (χ1) is 10.3. The Morgan fingerprint density at radius 2 is 1.09 bits per heavy atom. The van der Waals surface area contributed by atoms with E-state index in [1.165, 1.54) is 18.2 Å². The van der Waals surface area contributed by atoms with Crippen LogP contribution in [-0.4, -0.2) is 15.6 Å². The molecule has 1 aliphatic carbocycles. The number of hydrogen-bond donors (Lipinski definition) is 2. The number of rotatable bonds is 2. The summed E-state index contributed by atoms with van der Waals surface area (Å²) in [4.78, 5) is 32.8. The van der Waals surface area contributed by atoms with E-state index in [9.17, 15) is 25.0 Å². The Morgan fingerprint density at radius 3 is 1.59 bits per heavy atom. The molecule has 0 saturated carbocycles. The first-order valence-corrected chi connectivity index (χ1v) is 6.02. The Balaban J connectivity index is 2.32. The second kappa shape index (κ2) is 4.25. The third-order valence-corrected chi connectivity index (χ3v) is 3.51. The number of nitrogen functional groups attached to an aromatic ring is 2. The molecule has 2 aromatic carbocycles. The lowest BCUT2D eigenvalue weighted by Crippen LogP contribution is -2.01. The van der Waals surface area contributed by atoms with Gasteiger partial charge in [-0.2, -0.15) is 0 Å². The zero-order valence-electron chi connectivity index (χ0n) is 10.9. The van der Waals surface area contributed by atoms with Crippen LogP contribution in [-0.2, 0) is 0 Å². The molecule has 22 heavy (non-hydrogen) atoms. The molecular formula is C13H8N4O5. The highest BCUT2D eigenvalue weighted by molar-refractivity contribution is 6.23. The van der Waals surface area contributed by atoms with Gasteiger partial charge in [-0.25, -0.2) is 0 Å². The molecule has 0 aliphatic heterocycles. The fourth-order valence-corrected chi connectivity index (χ4v) is 2.49. The number of nitro benzene ring substituents is 2. The first kappa shape index (κ1) is 13.5. The number of anilines is 2. The van der Waals surface area contributed by atoms with Gasteiger partial charge in [-0.15, -0.1) is 0 Å². The molecule has 0 heterocycles. The van der Waals surface area contributed by atoms with Crippen LogP contribution in [0, 0.1) is 20.2 Å². The van der Waals surface area contributed by atoms with Gasteiger partial charge >= 0.3 is 0 Å². The molecule has 0 unspecified atom stereocenters. The lowest BCUT2D eigenvalue weighted by atomic mass is 10.0. The molecule has 0 radical (unpaired) electrons. The van der Waals surface area contributed by atoms with Crippen molar-refractivity contribution in [3.63, 3.8) is 0 Å². The number of nitrogens with zero attached hydrogens (tertiary/aromatic N) is 2. The Bertz CT molecular complexity index is 890. The van der Waals surface area contributed by atoms with Gasteiger partial charge in [-0.05, 0) is 17.7 Å². The van der Waals surface area contributed by atoms with Gasteiger partial charge in [0.15, 0.2) is 5.78 Å². The minimum atomic E-state index is -0.692.